The molecular formula is C14H20N2O. The van der Waals surface area contributed by atoms with Gasteiger partial charge in [0.05, 0.1) is 12.1 Å². The molecule has 1 heterocycles. The number of benzene rings is 1. The van der Waals surface area contributed by atoms with E-state index in [9.17, 15) is 5.11 Å². The Morgan fingerprint density at radius 1 is 1.29 bits per heavy atom. The molecule has 1 aromatic rings. The van der Waals surface area contributed by atoms with E-state index in [1.165, 1.54) is 5.56 Å². The maximum Gasteiger partial charge on any atom is 0.0701 e. The fraction of sp³-hybridized carbons (Fsp3) is 0.500. The Bertz CT molecular complexity index is 356. The third-order valence-corrected chi connectivity index (χ3v) is 3.32. The lowest BCUT2D eigenvalue weighted by Gasteiger charge is -2.34. The van der Waals surface area contributed by atoms with E-state index in [-0.39, 0.29) is 12.1 Å². The summed E-state index contributed by atoms with van der Waals surface area (Å²) in [5.74, 6) is 0. The fourth-order valence-corrected chi connectivity index (χ4v) is 2.35. The minimum atomic E-state index is -0.124. The van der Waals surface area contributed by atoms with Crippen molar-refractivity contribution in [1.29, 1.82) is 0 Å². The van der Waals surface area contributed by atoms with Gasteiger partial charge in [-0.3, -0.25) is 9.89 Å². The maximum atomic E-state index is 9.55. The molecule has 1 aromatic carbocycles. The first-order chi connectivity index (χ1) is 8.31. The van der Waals surface area contributed by atoms with Gasteiger partial charge < -0.3 is 5.11 Å². The van der Waals surface area contributed by atoms with E-state index < -0.39 is 0 Å². The molecule has 0 spiro atoms. The molecule has 1 fully saturated rings. The number of nitrogens with zero attached hydrogens (tertiary/aromatic N) is 2. The quantitative estimate of drug-likeness (QED) is 0.808. The van der Waals surface area contributed by atoms with Gasteiger partial charge in [-0.15, -0.1) is 0 Å². The summed E-state index contributed by atoms with van der Waals surface area (Å²) >= 11 is 0. The minimum absolute atomic E-state index is 0.124. The maximum absolute atomic E-state index is 9.55. The summed E-state index contributed by atoms with van der Waals surface area (Å²) in [6.45, 7) is 1.87. The van der Waals surface area contributed by atoms with Crippen molar-refractivity contribution in [1.82, 2.24) is 4.90 Å². The van der Waals surface area contributed by atoms with Gasteiger partial charge >= 0.3 is 0 Å². The summed E-state index contributed by atoms with van der Waals surface area (Å²) in [5, 5.41) is 9.55. The topological polar surface area (TPSA) is 35.8 Å². The molecule has 1 aliphatic heterocycles. The van der Waals surface area contributed by atoms with Gasteiger partial charge in [-0.2, -0.15) is 0 Å². The van der Waals surface area contributed by atoms with Gasteiger partial charge in [-0.25, -0.2) is 0 Å². The zero-order valence-corrected chi connectivity index (χ0v) is 10.3. The van der Waals surface area contributed by atoms with Crippen molar-refractivity contribution in [3.8, 4) is 0 Å². The van der Waals surface area contributed by atoms with Gasteiger partial charge in [0.2, 0.25) is 0 Å². The third-order valence-electron chi connectivity index (χ3n) is 3.32. The second kappa shape index (κ2) is 5.94. The molecule has 17 heavy (non-hydrogen) atoms. The molecule has 0 aliphatic carbocycles. The summed E-state index contributed by atoms with van der Waals surface area (Å²) < 4.78 is 0. The van der Waals surface area contributed by atoms with Crippen LogP contribution >= 0.6 is 0 Å². The number of hydrogen-bond donors (Lipinski definition) is 1. The first kappa shape index (κ1) is 12.3. The smallest absolute Gasteiger partial charge is 0.0701 e. The average Bonchev–Trinajstić information content (AvgIpc) is 2.38. The van der Waals surface area contributed by atoms with Crippen molar-refractivity contribution < 1.29 is 5.11 Å². The largest absolute Gasteiger partial charge is 0.393 e. The summed E-state index contributed by atoms with van der Waals surface area (Å²) in [6.07, 6.45) is 3.59. The van der Waals surface area contributed by atoms with E-state index in [4.69, 9.17) is 0 Å². The van der Waals surface area contributed by atoms with Crippen LogP contribution in [0.25, 0.3) is 0 Å². The number of rotatable bonds is 3. The van der Waals surface area contributed by atoms with E-state index in [2.05, 4.69) is 34.2 Å². The van der Waals surface area contributed by atoms with Gasteiger partial charge in [-0.1, -0.05) is 30.3 Å². The standard InChI is InChI=1S/C14H20N2O/c1-15-11-14(12-5-3-2-4-6-12)16-9-7-13(17)8-10-16/h2-6,11,13-14,17H,7-10H2,1H3. The Hall–Kier alpha value is -1.19. The summed E-state index contributed by atoms with van der Waals surface area (Å²) in [6, 6.07) is 10.7. The Morgan fingerprint density at radius 3 is 2.53 bits per heavy atom. The van der Waals surface area contributed by atoms with Gasteiger partial charge in [0, 0.05) is 26.4 Å². The highest BCUT2D eigenvalue weighted by atomic mass is 16.3. The lowest BCUT2D eigenvalue weighted by atomic mass is 10.0. The number of likely N-dealkylation sites (tertiary alicyclic amines) is 1. The lowest BCUT2D eigenvalue weighted by Crippen LogP contribution is -2.39. The molecule has 0 aromatic heterocycles. The van der Waals surface area contributed by atoms with Gasteiger partial charge in [0.25, 0.3) is 0 Å². The molecule has 1 saturated heterocycles. The number of aliphatic imine (C=N–C) groups is 1. The zero-order chi connectivity index (χ0) is 12.1. The molecule has 1 aliphatic rings. The Balaban J connectivity index is 2.12. The molecule has 92 valence electrons. The average molecular weight is 232 g/mol. The monoisotopic (exact) mass is 232 g/mol. The van der Waals surface area contributed by atoms with E-state index in [1.807, 2.05) is 19.3 Å². The summed E-state index contributed by atoms with van der Waals surface area (Å²) in [5.41, 5.74) is 1.27. The van der Waals surface area contributed by atoms with Crippen LogP contribution in [0, 0.1) is 0 Å². The summed E-state index contributed by atoms with van der Waals surface area (Å²) in [7, 11) is 1.81. The van der Waals surface area contributed by atoms with Crippen molar-refractivity contribution in [2.45, 2.75) is 25.0 Å². The van der Waals surface area contributed by atoms with E-state index in [0.717, 1.165) is 25.9 Å². The number of piperidine rings is 1. The molecule has 0 saturated carbocycles. The Morgan fingerprint density at radius 2 is 1.94 bits per heavy atom. The number of hydrogen-bond acceptors (Lipinski definition) is 3. The van der Waals surface area contributed by atoms with Gasteiger partial charge in [0.1, 0.15) is 0 Å². The predicted octanol–water partition coefficient (Wildman–Crippen LogP) is 1.89. The Kier molecular flexibility index (Phi) is 4.29. The van der Waals surface area contributed by atoms with Crippen molar-refractivity contribution in [3.63, 3.8) is 0 Å². The van der Waals surface area contributed by atoms with Gasteiger partial charge in [0.15, 0.2) is 0 Å². The third kappa shape index (κ3) is 3.14. The highest BCUT2D eigenvalue weighted by Gasteiger charge is 2.23. The molecule has 1 N–H and O–H groups in total. The minimum Gasteiger partial charge on any atom is -0.393 e. The van der Waals surface area contributed by atoms with Crippen LogP contribution in [0.5, 0.6) is 0 Å². The van der Waals surface area contributed by atoms with Crippen LogP contribution in [0.4, 0.5) is 0 Å². The Labute approximate surface area is 103 Å². The highest BCUT2D eigenvalue weighted by molar-refractivity contribution is 5.67. The lowest BCUT2D eigenvalue weighted by molar-refractivity contribution is 0.0745. The first-order valence-corrected chi connectivity index (χ1v) is 6.20. The van der Waals surface area contributed by atoms with Crippen LogP contribution in [0.15, 0.2) is 35.3 Å². The van der Waals surface area contributed by atoms with Crippen molar-refractivity contribution in [2.24, 2.45) is 4.99 Å². The van der Waals surface area contributed by atoms with E-state index >= 15 is 0 Å². The van der Waals surface area contributed by atoms with Crippen LogP contribution < -0.4 is 0 Å². The molecule has 0 bridgehead atoms. The second-order valence-electron chi connectivity index (χ2n) is 4.53. The number of aliphatic hydroxyl groups excluding tert-OH is 1. The first-order valence-electron chi connectivity index (χ1n) is 6.20. The van der Waals surface area contributed by atoms with Crippen LogP contribution in [-0.4, -0.2) is 42.5 Å². The van der Waals surface area contributed by atoms with E-state index in [0.29, 0.717) is 0 Å². The SMILES string of the molecule is CN=CC(c1ccccc1)N1CCC(O)CC1. The zero-order valence-electron chi connectivity index (χ0n) is 10.3. The fourth-order valence-electron chi connectivity index (χ4n) is 2.35. The normalized spacial score (nSPS) is 20.8. The molecular weight excluding hydrogens is 212 g/mol. The van der Waals surface area contributed by atoms with Crippen molar-refractivity contribution in [2.75, 3.05) is 20.1 Å². The van der Waals surface area contributed by atoms with Crippen molar-refractivity contribution >= 4 is 6.21 Å². The van der Waals surface area contributed by atoms with Crippen LogP contribution in [0.2, 0.25) is 0 Å². The van der Waals surface area contributed by atoms with Gasteiger partial charge in [-0.05, 0) is 18.4 Å². The molecule has 3 heteroatoms. The molecule has 1 unspecified atom stereocenters. The molecule has 1 atom stereocenters. The van der Waals surface area contributed by atoms with E-state index in [1.54, 1.807) is 0 Å². The van der Waals surface area contributed by atoms with Crippen LogP contribution in [0.3, 0.4) is 0 Å². The predicted molar refractivity (Wildman–Crippen MR) is 70.4 cm³/mol. The molecule has 2 rings (SSSR count). The molecule has 3 nitrogen and oxygen atoms in total. The van der Waals surface area contributed by atoms with Crippen LogP contribution in [0.1, 0.15) is 24.4 Å². The van der Waals surface area contributed by atoms with Crippen LogP contribution in [-0.2, 0) is 0 Å². The van der Waals surface area contributed by atoms with Crippen molar-refractivity contribution in [3.05, 3.63) is 35.9 Å². The molecule has 0 radical (unpaired) electrons. The highest BCUT2D eigenvalue weighted by Crippen LogP contribution is 2.23. The summed E-state index contributed by atoms with van der Waals surface area (Å²) in [4.78, 5) is 6.56. The molecule has 0 amide bonds. The number of aliphatic hydroxyl groups is 1. The second-order valence-corrected chi connectivity index (χ2v) is 4.53.